The first-order chi connectivity index (χ1) is 5.37. The van der Waals surface area contributed by atoms with E-state index in [2.05, 4.69) is 36.6 Å². The molecule has 0 aliphatic heterocycles. The van der Waals surface area contributed by atoms with Gasteiger partial charge < -0.3 is 0 Å². The Balaban J connectivity index is 2.30. The summed E-state index contributed by atoms with van der Waals surface area (Å²) in [4.78, 5) is 0. The highest BCUT2D eigenvalue weighted by atomic mass is 32.2. The van der Waals surface area contributed by atoms with Crippen LogP contribution in [0.25, 0.3) is 0 Å². The fourth-order valence-electron chi connectivity index (χ4n) is 1.47. The molecule has 0 heterocycles. The van der Waals surface area contributed by atoms with Gasteiger partial charge in [-0.15, -0.1) is 0 Å². The summed E-state index contributed by atoms with van der Waals surface area (Å²) in [5, 5.41) is 0. The van der Waals surface area contributed by atoms with E-state index < -0.39 is 0 Å². The number of hydrogen-bond donors (Lipinski definition) is 0. The Labute approximate surface area is 72.0 Å². The maximum atomic E-state index is 2.24. The lowest BCUT2D eigenvalue weighted by atomic mass is 10.1. The monoisotopic (exact) mass is 164 g/mol. The Hall–Kier alpha value is -0.430. The maximum Gasteiger partial charge on any atom is 0.0406 e. The Morgan fingerprint density at radius 2 is 1.82 bits per heavy atom. The summed E-state index contributed by atoms with van der Waals surface area (Å²) in [5.74, 6) is 0. The lowest BCUT2D eigenvalue weighted by Crippen LogP contribution is -1.98. The SMILES string of the molecule is CSC1(c2ccccc2)CC1. The fourth-order valence-corrected chi connectivity index (χ4v) is 2.35. The van der Waals surface area contributed by atoms with Crippen molar-refractivity contribution in [1.29, 1.82) is 0 Å². The Morgan fingerprint density at radius 3 is 2.27 bits per heavy atom. The molecule has 1 heteroatoms. The van der Waals surface area contributed by atoms with Crippen LogP contribution in [0.4, 0.5) is 0 Å². The average molecular weight is 164 g/mol. The highest BCUT2D eigenvalue weighted by Crippen LogP contribution is 2.55. The van der Waals surface area contributed by atoms with Crippen LogP contribution in [-0.4, -0.2) is 6.26 Å². The highest BCUT2D eigenvalue weighted by Gasteiger charge is 2.43. The van der Waals surface area contributed by atoms with E-state index in [0.717, 1.165) is 0 Å². The van der Waals surface area contributed by atoms with Gasteiger partial charge in [0.05, 0.1) is 0 Å². The summed E-state index contributed by atoms with van der Waals surface area (Å²) in [6, 6.07) is 10.8. The first-order valence-electron chi connectivity index (χ1n) is 3.98. The Bertz CT molecular complexity index is 236. The van der Waals surface area contributed by atoms with Gasteiger partial charge in [0.25, 0.3) is 0 Å². The predicted molar refractivity (Wildman–Crippen MR) is 50.9 cm³/mol. The molecule has 0 amide bonds. The zero-order valence-electron chi connectivity index (χ0n) is 6.71. The molecule has 0 radical (unpaired) electrons. The van der Waals surface area contributed by atoms with Gasteiger partial charge in [0.1, 0.15) is 0 Å². The van der Waals surface area contributed by atoms with Crippen molar-refractivity contribution in [3.05, 3.63) is 35.9 Å². The smallest absolute Gasteiger partial charge is 0.0406 e. The molecule has 0 N–H and O–H groups in total. The van der Waals surface area contributed by atoms with E-state index in [-0.39, 0.29) is 0 Å². The van der Waals surface area contributed by atoms with Crippen LogP contribution in [0.2, 0.25) is 0 Å². The molecule has 0 spiro atoms. The number of thioether (sulfide) groups is 1. The largest absolute Gasteiger partial charge is 0.154 e. The molecule has 1 saturated carbocycles. The van der Waals surface area contributed by atoms with Gasteiger partial charge in [-0.25, -0.2) is 0 Å². The summed E-state index contributed by atoms with van der Waals surface area (Å²) in [7, 11) is 0. The van der Waals surface area contributed by atoms with Gasteiger partial charge in [-0.1, -0.05) is 30.3 Å². The van der Waals surface area contributed by atoms with E-state index in [1.807, 2.05) is 11.8 Å². The van der Waals surface area contributed by atoms with E-state index in [4.69, 9.17) is 0 Å². The summed E-state index contributed by atoms with van der Waals surface area (Å²) >= 11 is 1.99. The van der Waals surface area contributed by atoms with Gasteiger partial charge >= 0.3 is 0 Å². The Morgan fingerprint density at radius 1 is 1.18 bits per heavy atom. The van der Waals surface area contributed by atoms with E-state index in [1.165, 1.54) is 18.4 Å². The zero-order chi connectivity index (χ0) is 7.73. The van der Waals surface area contributed by atoms with Crippen molar-refractivity contribution >= 4 is 11.8 Å². The molecule has 1 aromatic rings. The van der Waals surface area contributed by atoms with Crippen LogP contribution in [-0.2, 0) is 4.75 Å². The normalized spacial score (nSPS) is 19.7. The third-order valence-electron chi connectivity index (χ3n) is 2.39. The molecule has 11 heavy (non-hydrogen) atoms. The minimum atomic E-state index is 0.501. The molecule has 2 rings (SSSR count). The van der Waals surface area contributed by atoms with Crippen molar-refractivity contribution in [2.45, 2.75) is 17.6 Å². The standard InChI is InChI=1S/C10H12S/c1-11-10(7-8-10)9-5-3-2-4-6-9/h2-6H,7-8H2,1H3. The van der Waals surface area contributed by atoms with Crippen LogP contribution in [0, 0.1) is 0 Å². The van der Waals surface area contributed by atoms with Crippen molar-refractivity contribution in [1.82, 2.24) is 0 Å². The third kappa shape index (κ3) is 1.18. The Kier molecular flexibility index (Phi) is 1.68. The lowest BCUT2D eigenvalue weighted by Gasteiger charge is -2.10. The first kappa shape index (κ1) is 7.23. The van der Waals surface area contributed by atoms with E-state index in [0.29, 0.717) is 4.75 Å². The molecule has 1 aromatic carbocycles. The minimum Gasteiger partial charge on any atom is -0.154 e. The van der Waals surface area contributed by atoms with Crippen molar-refractivity contribution in [3.63, 3.8) is 0 Å². The third-order valence-corrected chi connectivity index (χ3v) is 3.82. The van der Waals surface area contributed by atoms with Crippen molar-refractivity contribution in [2.24, 2.45) is 0 Å². The van der Waals surface area contributed by atoms with Crippen LogP contribution in [0.5, 0.6) is 0 Å². The minimum absolute atomic E-state index is 0.501. The highest BCUT2D eigenvalue weighted by molar-refractivity contribution is 7.99. The fraction of sp³-hybridized carbons (Fsp3) is 0.400. The molecule has 0 aromatic heterocycles. The van der Waals surface area contributed by atoms with E-state index >= 15 is 0 Å². The molecule has 0 unspecified atom stereocenters. The lowest BCUT2D eigenvalue weighted by molar-refractivity contribution is 1.04. The number of benzene rings is 1. The van der Waals surface area contributed by atoms with Gasteiger partial charge in [0.2, 0.25) is 0 Å². The summed E-state index contributed by atoms with van der Waals surface area (Å²) in [6.45, 7) is 0. The molecule has 0 bridgehead atoms. The van der Waals surface area contributed by atoms with Gasteiger partial charge in [-0.2, -0.15) is 11.8 Å². The number of hydrogen-bond acceptors (Lipinski definition) is 1. The summed E-state index contributed by atoms with van der Waals surface area (Å²) in [6.07, 6.45) is 4.93. The van der Waals surface area contributed by atoms with Crippen LogP contribution in [0.3, 0.4) is 0 Å². The van der Waals surface area contributed by atoms with Crippen molar-refractivity contribution in [3.8, 4) is 0 Å². The summed E-state index contributed by atoms with van der Waals surface area (Å²) in [5.41, 5.74) is 1.51. The van der Waals surface area contributed by atoms with E-state index in [9.17, 15) is 0 Å². The first-order valence-corrected chi connectivity index (χ1v) is 5.20. The van der Waals surface area contributed by atoms with E-state index in [1.54, 1.807) is 0 Å². The second-order valence-electron chi connectivity index (χ2n) is 3.06. The molecular formula is C10H12S. The van der Waals surface area contributed by atoms with Gasteiger partial charge in [-0.05, 0) is 24.7 Å². The maximum absolute atomic E-state index is 2.24. The molecule has 1 fully saturated rings. The molecule has 0 atom stereocenters. The number of rotatable bonds is 2. The molecule has 0 saturated heterocycles. The van der Waals surface area contributed by atoms with Crippen LogP contribution >= 0.6 is 11.8 Å². The predicted octanol–water partition coefficient (Wildman–Crippen LogP) is 3.04. The molecule has 0 nitrogen and oxygen atoms in total. The van der Waals surface area contributed by atoms with Gasteiger partial charge in [-0.3, -0.25) is 0 Å². The average Bonchev–Trinajstić information content (AvgIpc) is 2.86. The van der Waals surface area contributed by atoms with Crippen LogP contribution in [0.15, 0.2) is 30.3 Å². The quantitative estimate of drug-likeness (QED) is 0.647. The molecule has 1 aliphatic carbocycles. The second-order valence-corrected chi connectivity index (χ2v) is 4.25. The molecular weight excluding hydrogens is 152 g/mol. The molecule has 58 valence electrons. The molecule has 1 aliphatic rings. The second kappa shape index (κ2) is 2.56. The van der Waals surface area contributed by atoms with Crippen LogP contribution in [0.1, 0.15) is 18.4 Å². The van der Waals surface area contributed by atoms with Gasteiger partial charge in [0, 0.05) is 4.75 Å². The topological polar surface area (TPSA) is 0 Å². The zero-order valence-corrected chi connectivity index (χ0v) is 7.53. The van der Waals surface area contributed by atoms with Crippen molar-refractivity contribution in [2.75, 3.05) is 6.26 Å². The van der Waals surface area contributed by atoms with Gasteiger partial charge in [0.15, 0.2) is 0 Å². The van der Waals surface area contributed by atoms with Crippen molar-refractivity contribution < 1.29 is 0 Å². The van der Waals surface area contributed by atoms with Crippen LogP contribution < -0.4 is 0 Å². The summed E-state index contributed by atoms with van der Waals surface area (Å²) < 4.78 is 0.501.